The molecule has 0 radical (unpaired) electrons. The maximum atomic E-state index is 13.2. The van der Waals surface area contributed by atoms with Gasteiger partial charge in [0, 0.05) is 0 Å². The number of nitrogens with two attached hydrogens (primary N) is 1. The smallest absolute Gasteiger partial charge is 0.147 e. The molecule has 1 aromatic rings. The Kier molecular flexibility index (Phi) is 3.98. The highest BCUT2D eigenvalue weighted by Crippen LogP contribution is 2.21. The van der Waals surface area contributed by atoms with Gasteiger partial charge in [0.1, 0.15) is 18.0 Å². The minimum Gasteiger partial charge on any atom is -0.394 e. The van der Waals surface area contributed by atoms with Gasteiger partial charge in [-0.2, -0.15) is 0 Å². The molecule has 5 nitrogen and oxygen atoms in total. The van der Waals surface area contributed by atoms with Crippen molar-refractivity contribution < 1.29 is 19.7 Å². The van der Waals surface area contributed by atoms with Gasteiger partial charge < -0.3 is 20.7 Å². The lowest BCUT2D eigenvalue weighted by Crippen LogP contribution is -2.22. The summed E-state index contributed by atoms with van der Waals surface area (Å²) in [4.78, 5) is 0. The van der Waals surface area contributed by atoms with E-state index in [4.69, 9.17) is 16.1 Å². The molecule has 0 aliphatic rings. The molecule has 0 heterocycles. The fourth-order valence-electron chi connectivity index (χ4n) is 1.15. The van der Waals surface area contributed by atoms with Crippen molar-refractivity contribution in [2.45, 2.75) is 12.2 Å². The summed E-state index contributed by atoms with van der Waals surface area (Å²) in [6.07, 6.45) is -2.66. The number of hydrogen-bond acceptors (Lipinski definition) is 5. The van der Waals surface area contributed by atoms with Gasteiger partial charge >= 0.3 is 0 Å². The van der Waals surface area contributed by atoms with Gasteiger partial charge in [-0.1, -0.05) is 6.07 Å². The molecule has 2 atom stereocenters. The van der Waals surface area contributed by atoms with Crippen LogP contribution in [-0.4, -0.2) is 28.0 Å². The third kappa shape index (κ3) is 2.63. The molecule has 0 spiro atoms. The molecule has 0 aromatic heterocycles. The molecule has 0 saturated carbocycles. The third-order valence-electron chi connectivity index (χ3n) is 2.04. The van der Waals surface area contributed by atoms with Gasteiger partial charge in [-0.15, -0.1) is 0 Å². The second-order valence-corrected chi connectivity index (χ2v) is 3.08. The average Bonchev–Trinajstić information content (AvgIpc) is 2.26. The van der Waals surface area contributed by atoms with Crippen LogP contribution in [0.1, 0.15) is 11.7 Å². The molecule has 1 aromatic carbocycles. The van der Waals surface area contributed by atoms with Crippen molar-refractivity contribution >= 4 is 5.69 Å². The van der Waals surface area contributed by atoms with Crippen LogP contribution in [0.25, 0.3) is 0 Å². The van der Waals surface area contributed by atoms with E-state index >= 15 is 0 Å². The van der Waals surface area contributed by atoms with E-state index in [1.54, 1.807) is 0 Å². The van der Waals surface area contributed by atoms with Crippen molar-refractivity contribution in [2.24, 2.45) is 5.84 Å². The highest BCUT2D eigenvalue weighted by molar-refractivity contribution is 5.45. The summed E-state index contributed by atoms with van der Waals surface area (Å²) in [7, 11) is 0. The zero-order chi connectivity index (χ0) is 11.4. The lowest BCUT2D eigenvalue weighted by Gasteiger charge is -2.16. The highest BCUT2D eigenvalue weighted by atomic mass is 19.1. The van der Waals surface area contributed by atoms with E-state index in [1.807, 2.05) is 0 Å². The van der Waals surface area contributed by atoms with Gasteiger partial charge in [0.15, 0.2) is 0 Å². The van der Waals surface area contributed by atoms with Crippen molar-refractivity contribution in [3.8, 4) is 0 Å². The second kappa shape index (κ2) is 5.04. The Morgan fingerprint density at radius 2 is 2.07 bits per heavy atom. The minimum absolute atomic E-state index is 0.0874. The minimum atomic E-state index is -1.33. The monoisotopic (exact) mass is 216 g/mol. The molecule has 6 heteroatoms. The Morgan fingerprint density at radius 3 is 2.53 bits per heavy atom. The van der Waals surface area contributed by atoms with Gasteiger partial charge in [-0.05, 0) is 17.7 Å². The van der Waals surface area contributed by atoms with Crippen molar-refractivity contribution in [3.63, 3.8) is 0 Å². The van der Waals surface area contributed by atoms with Crippen LogP contribution in [0, 0.1) is 5.82 Å². The predicted octanol–water partition coefficient (Wildman–Crippen LogP) is -0.502. The molecule has 0 aliphatic heterocycles. The third-order valence-corrected chi connectivity index (χ3v) is 2.04. The summed E-state index contributed by atoms with van der Waals surface area (Å²) in [6, 6.07) is 3.78. The number of benzene rings is 1. The van der Waals surface area contributed by atoms with Crippen LogP contribution in [0.5, 0.6) is 0 Å². The summed E-state index contributed by atoms with van der Waals surface area (Å²) < 4.78 is 13.2. The first-order valence-corrected chi connectivity index (χ1v) is 4.33. The maximum absolute atomic E-state index is 13.2. The van der Waals surface area contributed by atoms with Gasteiger partial charge in [0.05, 0.1) is 12.3 Å². The van der Waals surface area contributed by atoms with Crippen LogP contribution in [0.3, 0.4) is 0 Å². The SMILES string of the molecule is NNc1ccc(C(O)C(O)CO)cc1F. The van der Waals surface area contributed by atoms with Crippen molar-refractivity contribution in [2.75, 3.05) is 12.0 Å². The molecule has 0 fully saturated rings. The quantitative estimate of drug-likeness (QED) is 0.345. The second-order valence-electron chi connectivity index (χ2n) is 3.08. The Bertz CT molecular complexity index is 335. The molecule has 0 saturated heterocycles. The highest BCUT2D eigenvalue weighted by Gasteiger charge is 2.18. The van der Waals surface area contributed by atoms with Crippen molar-refractivity contribution in [1.82, 2.24) is 0 Å². The van der Waals surface area contributed by atoms with E-state index in [9.17, 15) is 9.50 Å². The first-order chi connectivity index (χ1) is 7.10. The molecule has 2 unspecified atom stereocenters. The standard InChI is InChI=1S/C9H13FN2O3/c10-6-3-5(1-2-7(6)12-11)9(15)8(14)4-13/h1-3,8-9,12-15H,4,11H2. The number of rotatable bonds is 4. The number of nitrogens with one attached hydrogen (secondary N) is 1. The zero-order valence-corrected chi connectivity index (χ0v) is 7.89. The van der Waals surface area contributed by atoms with Crippen LogP contribution in [-0.2, 0) is 0 Å². The average molecular weight is 216 g/mol. The van der Waals surface area contributed by atoms with E-state index in [0.717, 1.165) is 6.07 Å². The fraction of sp³-hybridized carbons (Fsp3) is 0.333. The molecule has 1 rings (SSSR count). The molecule has 0 bridgehead atoms. The number of halogens is 1. The van der Waals surface area contributed by atoms with E-state index in [-0.39, 0.29) is 11.3 Å². The van der Waals surface area contributed by atoms with E-state index in [0.29, 0.717) is 0 Å². The number of nitrogen functional groups attached to an aromatic ring is 1. The molecular formula is C9H13FN2O3. The first-order valence-electron chi connectivity index (χ1n) is 4.33. The van der Waals surface area contributed by atoms with Crippen molar-refractivity contribution in [1.29, 1.82) is 0 Å². The van der Waals surface area contributed by atoms with Crippen LogP contribution >= 0.6 is 0 Å². The molecule has 0 amide bonds. The van der Waals surface area contributed by atoms with Crippen LogP contribution in [0.2, 0.25) is 0 Å². The summed E-state index contributed by atoms with van der Waals surface area (Å²) >= 11 is 0. The molecule has 15 heavy (non-hydrogen) atoms. The summed E-state index contributed by atoms with van der Waals surface area (Å²) in [6.45, 7) is -0.598. The van der Waals surface area contributed by atoms with E-state index in [1.165, 1.54) is 12.1 Å². The molecular weight excluding hydrogens is 203 g/mol. The Morgan fingerprint density at radius 1 is 1.40 bits per heavy atom. The largest absolute Gasteiger partial charge is 0.394 e. The van der Waals surface area contributed by atoms with E-state index in [2.05, 4.69) is 5.43 Å². The lowest BCUT2D eigenvalue weighted by molar-refractivity contribution is -0.0153. The number of hydrogen-bond donors (Lipinski definition) is 5. The first kappa shape index (κ1) is 11.9. The zero-order valence-electron chi connectivity index (χ0n) is 7.89. The Balaban J connectivity index is 2.92. The number of hydrazine groups is 1. The number of aliphatic hydroxyl groups is 3. The summed E-state index contributed by atoms with van der Waals surface area (Å²) in [5.74, 6) is 4.38. The summed E-state index contributed by atoms with van der Waals surface area (Å²) in [5.41, 5.74) is 2.40. The van der Waals surface area contributed by atoms with Gasteiger partial charge in [-0.25, -0.2) is 4.39 Å². The summed E-state index contributed by atoms with van der Waals surface area (Å²) in [5, 5.41) is 27.2. The van der Waals surface area contributed by atoms with Crippen LogP contribution in [0.15, 0.2) is 18.2 Å². The Labute approximate surface area is 85.9 Å². The van der Waals surface area contributed by atoms with Crippen LogP contribution < -0.4 is 11.3 Å². The number of anilines is 1. The lowest BCUT2D eigenvalue weighted by atomic mass is 10.0. The van der Waals surface area contributed by atoms with Crippen LogP contribution in [0.4, 0.5) is 10.1 Å². The topological polar surface area (TPSA) is 98.7 Å². The Hall–Kier alpha value is -1.21. The molecule has 0 aliphatic carbocycles. The molecule has 84 valence electrons. The van der Waals surface area contributed by atoms with Gasteiger partial charge in [0.2, 0.25) is 0 Å². The normalized spacial score (nSPS) is 14.7. The molecule has 6 N–H and O–H groups in total. The van der Waals surface area contributed by atoms with Crippen molar-refractivity contribution in [3.05, 3.63) is 29.6 Å². The number of aliphatic hydroxyl groups excluding tert-OH is 3. The maximum Gasteiger partial charge on any atom is 0.147 e. The van der Waals surface area contributed by atoms with E-state index < -0.39 is 24.6 Å². The van der Waals surface area contributed by atoms with Gasteiger partial charge in [0.25, 0.3) is 0 Å². The fourth-order valence-corrected chi connectivity index (χ4v) is 1.15. The van der Waals surface area contributed by atoms with Gasteiger partial charge in [-0.3, -0.25) is 5.84 Å². The predicted molar refractivity (Wildman–Crippen MR) is 52.3 cm³/mol.